The molecule has 0 aromatic carbocycles. The molecule has 1 N–H and O–H groups in total. The van der Waals surface area contributed by atoms with Crippen LogP contribution in [0.25, 0.3) is 0 Å². The molecule has 1 saturated carbocycles. The number of hydrogen-bond acceptors (Lipinski definition) is 3. The number of aromatic amines is 1. The van der Waals surface area contributed by atoms with Crippen LogP contribution in [0.5, 0.6) is 0 Å². The molecule has 102 valence electrons. The monoisotopic (exact) mass is 260 g/mol. The van der Waals surface area contributed by atoms with Gasteiger partial charge < -0.3 is 4.98 Å². The summed E-state index contributed by atoms with van der Waals surface area (Å²) in [6.45, 7) is 2.91. The fraction of sp³-hybridized carbons (Fsp3) is 0.600. The van der Waals surface area contributed by atoms with Gasteiger partial charge in [0.25, 0.3) is 0 Å². The van der Waals surface area contributed by atoms with Gasteiger partial charge in [0.2, 0.25) is 0 Å². The van der Waals surface area contributed by atoms with Crippen molar-refractivity contribution in [3.8, 4) is 0 Å². The Morgan fingerprint density at radius 1 is 1.16 bits per heavy atom. The van der Waals surface area contributed by atoms with Crippen LogP contribution in [-0.2, 0) is 16.1 Å². The number of carbonyl (C=O) groups is 2. The van der Waals surface area contributed by atoms with Crippen LogP contribution in [0.3, 0.4) is 0 Å². The number of likely N-dealkylation sites (tertiary alicyclic amines) is 1. The Morgan fingerprint density at radius 3 is 2.42 bits per heavy atom. The van der Waals surface area contributed by atoms with E-state index in [2.05, 4.69) is 16.0 Å². The summed E-state index contributed by atoms with van der Waals surface area (Å²) in [7, 11) is 0. The van der Waals surface area contributed by atoms with E-state index in [4.69, 9.17) is 0 Å². The van der Waals surface area contributed by atoms with Gasteiger partial charge in [0.05, 0.1) is 6.42 Å². The van der Waals surface area contributed by atoms with Gasteiger partial charge in [-0.2, -0.15) is 0 Å². The number of piperidine rings is 1. The van der Waals surface area contributed by atoms with E-state index >= 15 is 0 Å². The molecule has 0 bridgehead atoms. The molecule has 1 aromatic heterocycles. The lowest BCUT2D eigenvalue weighted by atomic mass is 9.67. The normalized spacial score (nSPS) is 24.0. The third kappa shape index (κ3) is 2.78. The Morgan fingerprint density at radius 2 is 1.84 bits per heavy atom. The molecule has 4 heteroatoms. The van der Waals surface area contributed by atoms with Gasteiger partial charge in [-0.1, -0.05) is 0 Å². The van der Waals surface area contributed by atoms with Crippen LogP contribution in [-0.4, -0.2) is 34.5 Å². The summed E-state index contributed by atoms with van der Waals surface area (Å²) in [4.78, 5) is 28.9. The summed E-state index contributed by atoms with van der Waals surface area (Å²) in [6, 6.07) is 4.11. The average Bonchev–Trinajstić information content (AvgIpc) is 2.84. The maximum Gasteiger partial charge on any atom is 0.140 e. The van der Waals surface area contributed by atoms with Crippen molar-refractivity contribution < 1.29 is 9.59 Å². The average molecular weight is 260 g/mol. The second-order valence-corrected chi connectivity index (χ2v) is 6.08. The highest BCUT2D eigenvalue weighted by atomic mass is 16.1. The van der Waals surface area contributed by atoms with Crippen LogP contribution in [0.2, 0.25) is 0 Å². The molecular weight excluding hydrogens is 240 g/mol. The van der Waals surface area contributed by atoms with Crippen molar-refractivity contribution in [2.45, 2.75) is 38.6 Å². The Bertz CT molecular complexity index is 452. The zero-order chi connectivity index (χ0) is 13.3. The minimum atomic E-state index is -0.0152. The minimum absolute atomic E-state index is 0.0152. The Labute approximate surface area is 113 Å². The molecule has 0 atom stereocenters. The maximum absolute atomic E-state index is 11.6. The lowest BCUT2D eigenvalue weighted by molar-refractivity contribution is -0.135. The molecule has 1 aliphatic carbocycles. The number of nitrogens with one attached hydrogen (secondary N) is 1. The molecule has 1 spiro atoms. The lowest BCUT2D eigenvalue weighted by Gasteiger charge is -2.43. The van der Waals surface area contributed by atoms with Gasteiger partial charge in [-0.05, 0) is 43.5 Å². The van der Waals surface area contributed by atoms with E-state index in [1.807, 2.05) is 12.3 Å². The van der Waals surface area contributed by atoms with Crippen molar-refractivity contribution in [2.24, 2.45) is 5.41 Å². The largest absolute Gasteiger partial charge is 0.364 e. The highest BCUT2D eigenvalue weighted by Gasteiger charge is 2.41. The molecule has 1 aromatic rings. The molecule has 2 fully saturated rings. The zero-order valence-electron chi connectivity index (χ0n) is 11.2. The molecule has 3 rings (SSSR count). The molecular formula is C15H20N2O2. The standard InChI is InChI=1S/C15H20N2O2/c18-13-8-14(19)10-15(9-13)3-6-17(7-4-15)11-12-2-1-5-16-12/h1-2,5,16H,3-4,6-11H2. The molecule has 1 saturated heterocycles. The van der Waals surface area contributed by atoms with Crippen molar-refractivity contribution in [2.75, 3.05) is 13.1 Å². The number of Topliss-reactive ketones (excluding diaryl/α,β-unsaturated/α-hetero) is 2. The Balaban J connectivity index is 1.59. The Hall–Kier alpha value is -1.42. The fourth-order valence-corrected chi connectivity index (χ4v) is 3.49. The zero-order valence-corrected chi connectivity index (χ0v) is 11.2. The highest BCUT2D eigenvalue weighted by molar-refractivity contribution is 6.02. The second kappa shape index (κ2) is 4.93. The van der Waals surface area contributed by atoms with Crippen LogP contribution in [0.15, 0.2) is 18.3 Å². The lowest BCUT2D eigenvalue weighted by Crippen LogP contribution is -2.44. The van der Waals surface area contributed by atoms with Gasteiger partial charge in [-0.3, -0.25) is 14.5 Å². The van der Waals surface area contributed by atoms with E-state index in [1.165, 1.54) is 5.69 Å². The summed E-state index contributed by atoms with van der Waals surface area (Å²) in [5, 5.41) is 0. The van der Waals surface area contributed by atoms with Crippen LogP contribution in [0.4, 0.5) is 0 Å². The molecule has 0 amide bonds. The summed E-state index contributed by atoms with van der Waals surface area (Å²) >= 11 is 0. The quantitative estimate of drug-likeness (QED) is 0.827. The number of ketones is 2. The third-order valence-corrected chi connectivity index (χ3v) is 4.51. The van der Waals surface area contributed by atoms with Crippen LogP contribution >= 0.6 is 0 Å². The second-order valence-electron chi connectivity index (χ2n) is 6.08. The van der Waals surface area contributed by atoms with Gasteiger partial charge in [0, 0.05) is 31.3 Å². The smallest absolute Gasteiger partial charge is 0.140 e. The van der Waals surface area contributed by atoms with Gasteiger partial charge in [0.1, 0.15) is 11.6 Å². The topological polar surface area (TPSA) is 53.2 Å². The van der Waals surface area contributed by atoms with Gasteiger partial charge in [0.15, 0.2) is 0 Å². The number of nitrogens with zero attached hydrogens (tertiary/aromatic N) is 1. The van der Waals surface area contributed by atoms with Crippen LogP contribution < -0.4 is 0 Å². The predicted molar refractivity (Wildman–Crippen MR) is 71.6 cm³/mol. The summed E-state index contributed by atoms with van der Waals surface area (Å²) in [6.07, 6.45) is 5.31. The summed E-state index contributed by atoms with van der Waals surface area (Å²) < 4.78 is 0. The van der Waals surface area contributed by atoms with E-state index in [0.717, 1.165) is 32.5 Å². The van der Waals surface area contributed by atoms with Crippen molar-refractivity contribution in [3.63, 3.8) is 0 Å². The van der Waals surface area contributed by atoms with E-state index < -0.39 is 0 Å². The molecule has 2 aliphatic rings. The summed E-state index contributed by atoms with van der Waals surface area (Å²) in [5.74, 6) is 0.295. The number of rotatable bonds is 2. The minimum Gasteiger partial charge on any atom is -0.364 e. The maximum atomic E-state index is 11.6. The van der Waals surface area contributed by atoms with Crippen molar-refractivity contribution in [1.29, 1.82) is 0 Å². The van der Waals surface area contributed by atoms with Crippen molar-refractivity contribution in [3.05, 3.63) is 24.0 Å². The van der Waals surface area contributed by atoms with E-state index in [0.29, 0.717) is 12.8 Å². The third-order valence-electron chi connectivity index (χ3n) is 4.51. The van der Waals surface area contributed by atoms with E-state index in [-0.39, 0.29) is 23.4 Å². The van der Waals surface area contributed by atoms with Crippen LogP contribution in [0.1, 0.15) is 37.8 Å². The van der Waals surface area contributed by atoms with Crippen LogP contribution in [0, 0.1) is 5.41 Å². The molecule has 0 radical (unpaired) electrons. The Kier molecular flexibility index (Phi) is 3.27. The summed E-state index contributed by atoms with van der Waals surface area (Å²) in [5.41, 5.74) is 1.21. The van der Waals surface area contributed by atoms with Gasteiger partial charge in [-0.15, -0.1) is 0 Å². The number of carbonyl (C=O) groups excluding carboxylic acids is 2. The first-order chi connectivity index (χ1) is 9.15. The number of aromatic nitrogens is 1. The highest BCUT2D eigenvalue weighted by Crippen LogP contribution is 2.42. The van der Waals surface area contributed by atoms with E-state index in [9.17, 15) is 9.59 Å². The van der Waals surface area contributed by atoms with Crippen molar-refractivity contribution in [1.82, 2.24) is 9.88 Å². The molecule has 19 heavy (non-hydrogen) atoms. The molecule has 0 unspecified atom stereocenters. The first-order valence-corrected chi connectivity index (χ1v) is 7.03. The number of hydrogen-bond donors (Lipinski definition) is 1. The van der Waals surface area contributed by atoms with Gasteiger partial charge >= 0.3 is 0 Å². The molecule has 1 aliphatic heterocycles. The van der Waals surface area contributed by atoms with Gasteiger partial charge in [-0.25, -0.2) is 0 Å². The van der Waals surface area contributed by atoms with E-state index in [1.54, 1.807) is 0 Å². The molecule has 2 heterocycles. The van der Waals surface area contributed by atoms with Crippen molar-refractivity contribution >= 4 is 11.6 Å². The number of H-pyrrole nitrogens is 1. The molecule has 4 nitrogen and oxygen atoms in total. The first kappa shape index (κ1) is 12.6. The fourth-order valence-electron chi connectivity index (χ4n) is 3.49. The first-order valence-electron chi connectivity index (χ1n) is 7.03. The SMILES string of the molecule is O=C1CC(=O)CC2(CCN(Cc3ccc[nH]3)CC2)C1. The predicted octanol–water partition coefficient (Wildman–Crippen LogP) is 1.92.